The zero-order chi connectivity index (χ0) is 17.2. The molecule has 0 bridgehead atoms. The summed E-state index contributed by atoms with van der Waals surface area (Å²) in [6, 6.07) is 4.01. The fourth-order valence-electron chi connectivity index (χ4n) is 2.79. The van der Waals surface area contributed by atoms with Gasteiger partial charge < -0.3 is 24.6 Å². The Bertz CT molecular complexity index is 594. The Hall–Kier alpha value is -2.02. The minimum atomic E-state index is -0.503. The maximum absolute atomic E-state index is 12.3. The number of rotatable bonds is 1. The van der Waals surface area contributed by atoms with Crippen LogP contribution in [0.2, 0.25) is 0 Å². The van der Waals surface area contributed by atoms with Crippen LogP contribution in [0.4, 0.5) is 10.6 Å². The van der Waals surface area contributed by atoms with Gasteiger partial charge in [-0.15, -0.1) is 0 Å². The van der Waals surface area contributed by atoms with E-state index < -0.39 is 5.60 Å². The van der Waals surface area contributed by atoms with Gasteiger partial charge in [0.1, 0.15) is 18.0 Å². The predicted octanol–water partition coefficient (Wildman–Crippen LogP) is 1.62. The van der Waals surface area contributed by atoms with Gasteiger partial charge in [-0.25, -0.2) is 4.79 Å². The zero-order valence-electron chi connectivity index (χ0n) is 14.7. The van der Waals surface area contributed by atoms with Crippen LogP contribution in [-0.2, 0) is 11.3 Å². The van der Waals surface area contributed by atoms with Crippen molar-refractivity contribution in [2.24, 2.45) is 0 Å². The molecule has 1 fully saturated rings. The van der Waals surface area contributed by atoms with Crippen LogP contribution < -0.4 is 15.0 Å². The van der Waals surface area contributed by atoms with E-state index >= 15 is 0 Å². The number of amides is 1. The van der Waals surface area contributed by atoms with Crippen molar-refractivity contribution in [1.82, 2.24) is 15.2 Å². The van der Waals surface area contributed by atoms with Crippen LogP contribution in [0.1, 0.15) is 26.3 Å². The SMILES string of the molecule is CC(C)(C)OC(=O)N1CCOc2nc(N3CCNCC3)ccc2C1. The second-order valence-corrected chi connectivity index (χ2v) is 7.12. The van der Waals surface area contributed by atoms with Gasteiger partial charge in [-0.1, -0.05) is 0 Å². The van der Waals surface area contributed by atoms with Gasteiger partial charge >= 0.3 is 6.09 Å². The Morgan fingerprint density at radius 3 is 2.71 bits per heavy atom. The summed E-state index contributed by atoms with van der Waals surface area (Å²) in [5.41, 5.74) is 0.412. The van der Waals surface area contributed by atoms with Crippen LogP contribution in [-0.4, -0.2) is 60.9 Å². The molecule has 1 aromatic rings. The third-order valence-electron chi connectivity index (χ3n) is 3.98. The first-order valence-corrected chi connectivity index (χ1v) is 8.49. The van der Waals surface area contributed by atoms with E-state index in [9.17, 15) is 4.79 Å². The summed E-state index contributed by atoms with van der Waals surface area (Å²) in [4.78, 5) is 20.9. The number of anilines is 1. The molecule has 1 aromatic heterocycles. The van der Waals surface area contributed by atoms with Gasteiger partial charge in [0.2, 0.25) is 5.88 Å². The highest BCUT2D eigenvalue weighted by atomic mass is 16.6. The van der Waals surface area contributed by atoms with Gasteiger partial charge in [0.15, 0.2) is 0 Å². The highest BCUT2D eigenvalue weighted by Crippen LogP contribution is 2.25. The average Bonchev–Trinajstić information content (AvgIpc) is 2.75. The first-order valence-electron chi connectivity index (χ1n) is 8.49. The third-order valence-corrected chi connectivity index (χ3v) is 3.98. The molecule has 3 heterocycles. The fourth-order valence-corrected chi connectivity index (χ4v) is 2.79. The summed E-state index contributed by atoms with van der Waals surface area (Å²) < 4.78 is 11.3. The number of piperazine rings is 1. The lowest BCUT2D eigenvalue weighted by Crippen LogP contribution is -2.43. The lowest BCUT2D eigenvalue weighted by atomic mass is 10.2. The van der Waals surface area contributed by atoms with Crippen molar-refractivity contribution in [2.45, 2.75) is 32.9 Å². The maximum Gasteiger partial charge on any atom is 0.410 e. The Morgan fingerprint density at radius 2 is 2.00 bits per heavy atom. The molecule has 0 aromatic carbocycles. The number of carbonyl (C=O) groups excluding carboxylic acids is 1. The van der Waals surface area contributed by atoms with Crippen LogP contribution in [0.5, 0.6) is 5.88 Å². The molecule has 0 saturated carbocycles. The number of nitrogens with one attached hydrogen (secondary N) is 1. The van der Waals surface area contributed by atoms with Crippen molar-refractivity contribution in [3.05, 3.63) is 17.7 Å². The molecule has 3 rings (SSSR count). The van der Waals surface area contributed by atoms with Crippen LogP contribution in [0, 0.1) is 0 Å². The normalized spacial score (nSPS) is 18.5. The van der Waals surface area contributed by atoms with Crippen molar-refractivity contribution in [3.63, 3.8) is 0 Å². The van der Waals surface area contributed by atoms with Crippen molar-refractivity contribution < 1.29 is 14.3 Å². The van der Waals surface area contributed by atoms with E-state index in [-0.39, 0.29) is 6.09 Å². The van der Waals surface area contributed by atoms with Crippen molar-refractivity contribution >= 4 is 11.9 Å². The number of ether oxygens (including phenoxy) is 2. The number of carbonyl (C=O) groups is 1. The summed E-state index contributed by atoms with van der Waals surface area (Å²) in [6.45, 7) is 10.8. The summed E-state index contributed by atoms with van der Waals surface area (Å²) in [7, 11) is 0. The highest BCUT2D eigenvalue weighted by Gasteiger charge is 2.26. The Labute approximate surface area is 142 Å². The molecule has 2 aliphatic heterocycles. The van der Waals surface area contributed by atoms with Gasteiger partial charge in [0.25, 0.3) is 0 Å². The molecule has 0 aliphatic carbocycles. The maximum atomic E-state index is 12.3. The first-order chi connectivity index (χ1) is 11.4. The van der Waals surface area contributed by atoms with E-state index in [0.717, 1.165) is 37.6 Å². The standard InChI is InChI=1S/C17H26N4O3/c1-17(2,3)24-16(22)21-10-11-23-15-13(12-21)4-5-14(19-15)20-8-6-18-7-9-20/h4-5,18H,6-12H2,1-3H3. The molecule has 2 aliphatic rings. The van der Waals surface area contributed by atoms with Crippen molar-refractivity contribution in [3.8, 4) is 5.88 Å². The van der Waals surface area contributed by atoms with Gasteiger partial charge in [0.05, 0.1) is 13.1 Å². The number of aromatic nitrogens is 1. The highest BCUT2D eigenvalue weighted by molar-refractivity contribution is 5.68. The van der Waals surface area contributed by atoms with Crippen molar-refractivity contribution in [2.75, 3.05) is 44.2 Å². The number of hydrogen-bond donors (Lipinski definition) is 1. The molecule has 24 heavy (non-hydrogen) atoms. The topological polar surface area (TPSA) is 66.9 Å². The molecule has 1 amide bonds. The van der Waals surface area contributed by atoms with E-state index in [0.29, 0.717) is 25.6 Å². The first kappa shape index (κ1) is 16.8. The fraction of sp³-hybridized carbons (Fsp3) is 0.647. The third kappa shape index (κ3) is 4.08. The number of fused-ring (bicyclic) bond motifs is 1. The second-order valence-electron chi connectivity index (χ2n) is 7.12. The number of nitrogens with zero attached hydrogens (tertiary/aromatic N) is 3. The zero-order valence-corrected chi connectivity index (χ0v) is 14.7. The van der Waals surface area contributed by atoms with E-state index in [1.165, 1.54) is 0 Å². The molecule has 132 valence electrons. The number of hydrogen-bond acceptors (Lipinski definition) is 6. The molecular formula is C17H26N4O3. The predicted molar refractivity (Wildman–Crippen MR) is 91.5 cm³/mol. The second kappa shape index (κ2) is 6.84. The summed E-state index contributed by atoms with van der Waals surface area (Å²) in [6.07, 6.45) is -0.315. The lowest BCUT2D eigenvalue weighted by Gasteiger charge is -2.28. The van der Waals surface area contributed by atoms with Gasteiger partial charge in [-0.05, 0) is 32.9 Å². The molecule has 1 N–H and O–H groups in total. The van der Waals surface area contributed by atoms with E-state index in [2.05, 4.69) is 15.2 Å². The molecule has 0 atom stereocenters. The summed E-state index contributed by atoms with van der Waals surface area (Å²) >= 11 is 0. The molecule has 7 heteroatoms. The van der Waals surface area contributed by atoms with Crippen LogP contribution in [0.15, 0.2) is 12.1 Å². The molecule has 0 radical (unpaired) electrons. The van der Waals surface area contributed by atoms with Crippen LogP contribution >= 0.6 is 0 Å². The summed E-state index contributed by atoms with van der Waals surface area (Å²) in [5.74, 6) is 1.55. The largest absolute Gasteiger partial charge is 0.475 e. The molecular weight excluding hydrogens is 308 g/mol. The van der Waals surface area contributed by atoms with Crippen LogP contribution in [0.3, 0.4) is 0 Å². The van der Waals surface area contributed by atoms with E-state index in [1.54, 1.807) is 4.90 Å². The Balaban J connectivity index is 1.73. The molecule has 0 unspecified atom stereocenters. The van der Waals surface area contributed by atoms with Crippen LogP contribution in [0.25, 0.3) is 0 Å². The lowest BCUT2D eigenvalue weighted by molar-refractivity contribution is 0.0225. The molecule has 1 saturated heterocycles. The molecule has 7 nitrogen and oxygen atoms in total. The Morgan fingerprint density at radius 1 is 1.25 bits per heavy atom. The Kier molecular flexibility index (Phi) is 4.80. The van der Waals surface area contributed by atoms with Crippen molar-refractivity contribution in [1.29, 1.82) is 0 Å². The van der Waals surface area contributed by atoms with E-state index in [1.807, 2.05) is 32.9 Å². The van der Waals surface area contributed by atoms with Gasteiger partial charge in [0, 0.05) is 31.7 Å². The smallest absolute Gasteiger partial charge is 0.410 e. The number of pyridine rings is 1. The molecule has 0 spiro atoms. The van der Waals surface area contributed by atoms with Gasteiger partial charge in [-0.3, -0.25) is 0 Å². The van der Waals surface area contributed by atoms with Gasteiger partial charge in [-0.2, -0.15) is 4.98 Å². The summed E-state index contributed by atoms with van der Waals surface area (Å²) in [5, 5.41) is 3.33. The monoisotopic (exact) mass is 334 g/mol. The average molecular weight is 334 g/mol. The quantitative estimate of drug-likeness (QED) is 0.842. The minimum absolute atomic E-state index is 0.315. The van der Waals surface area contributed by atoms with E-state index in [4.69, 9.17) is 9.47 Å². The minimum Gasteiger partial charge on any atom is -0.475 e.